The molecule has 0 aliphatic carbocycles. The highest BCUT2D eigenvalue weighted by Gasteiger charge is 2.31. The average Bonchev–Trinajstić information content (AvgIpc) is 2.93. The van der Waals surface area contributed by atoms with Crippen LogP contribution in [0.15, 0.2) is 6.20 Å². The summed E-state index contributed by atoms with van der Waals surface area (Å²) in [4.78, 5) is 7.56. The predicted octanol–water partition coefficient (Wildman–Crippen LogP) is 1.05. The van der Waals surface area contributed by atoms with E-state index in [1.54, 1.807) is 11.3 Å². The molecule has 2 unspecified atom stereocenters. The van der Waals surface area contributed by atoms with E-state index in [2.05, 4.69) is 17.2 Å². The number of hydrogen-bond donors (Lipinski definition) is 1. The standard InChI is InChI=1S/C11H19N3O2S2/c1-8(12-2)10-6-13-11(17-10)14(3)9-4-5-18(15,16)7-9/h6,8-9,12H,4-5,7H2,1-3H3. The van der Waals surface area contributed by atoms with Crippen molar-refractivity contribution in [1.82, 2.24) is 10.3 Å². The predicted molar refractivity (Wildman–Crippen MR) is 75.1 cm³/mol. The monoisotopic (exact) mass is 289 g/mol. The number of nitrogens with one attached hydrogen (secondary N) is 1. The van der Waals surface area contributed by atoms with Crippen LogP contribution in [0.2, 0.25) is 0 Å². The summed E-state index contributed by atoms with van der Waals surface area (Å²) in [6.07, 6.45) is 2.57. The van der Waals surface area contributed by atoms with E-state index < -0.39 is 9.84 Å². The Bertz CT molecular complexity index is 512. The first kappa shape index (κ1) is 13.8. The van der Waals surface area contributed by atoms with Crippen molar-refractivity contribution in [3.05, 3.63) is 11.1 Å². The second-order valence-electron chi connectivity index (χ2n) is 4.72. The Hall–Kier alpha value is -0.660. The van der Waals surface area contributed by atoms with Crippen molar-refractivity contribution in [2.45, 2.75) is 25.4 Å². The van der Waals surface area contributed by atoms with E-state index in [1.165, 1.54) is 4.88 Å². The molecule has 102 valence electrons. The van der Waals surface area contributed by atoms with Crippen LogP contribution in [0.3, 0.4) is 0 Å². The molecule has 0 bridgehead atoms. The fourth-order valence-corrected chi connectivity index (χ4v) is 4.80. The molecule has 1 aliphatic heterocycles. The van der Waals surface area contributed by atoms with Gasteiger partial charge in [0.05, 0.1) is 11.5 Å². The van der Waals surface area contributed by atoms with Gasteiger partial charge in [0.2, 0.25) is 0 Å². The Balaban J connectivity index is 2.10. The number of thiazole rings is 1. The van der Waals surface area contributed by atoms with Gasteiger partial charge in [-0.2, -0.15) is 0 Å². The molecule has 18 heavy (non-hydrogen) atoms. The van der Waals surface area contributed by atoms with Crippen LogP contribution in [0.25, 0.3) is 0 Å². The maximum atomic E-state index is 11.5. The first-order valence-electron chi connectivity index (χ1n) is 5.99. The van der Waals surface area contributed by atoms with Crippen LogP contribution in [0, 0.1) is 0 Å². The van der Waals surface area contributed by atoms with E-state index in [-0.39, 0.29) is 17.8 Å². The lowest BCUT2D eigenvalue weighted by molar-refractivity contribution is 0.601. The van der Waals surface area contributed by atoms with E-state index >= 15 is 0 Å². The number of anilines is 1. The van der Waals surface area contributed by atoms with Gasteiger partial charge in [-0.1, -0.05) is 0 Å². The minimum atomic E-state index is -2.84. The minimum Gasteiger partial charge on any atom is -0.347 e. The third kappa shape index (κ3) is 2.84. The van der Waals surface area contributed by atoms with E-state index in [0.717, 1.165) is 5.13 Å². The highest BCUT2D eigenvalue weighted by Crippen LogP contribution is 2.29. The molecule has 2 rings (SSSR count). The van der Waals surface area contributed by atoms with Gasteiger partial charge in [0.1, 0.15) is 0 Å². The molecule has 1 fully saturated rings. The highest BCUT2D eigenvalue weighted by atomic mass is 32.2. The van der Waals surface area contributed by atoms with Gasteiger partial charge >= 0.3 is 0 Å². The molecule has 0 saturated carbocycles. The summed E-state index contributed by atoms with van der Waals surface area (Å²) in [5.74, 6) is 0.549. The van der Waals surface area contributed by atoms with Gasteiger partial charge in [-0.05, 0) is 20.4 Å². The summed E-state index contributed by atoms with van der Waals surface area (Å²) in [6, 6.07) is 0.343. The number of nitrogens with zero attached hydrogens (tertiary/aromatic N) is 2. The fourth-order valence-electron chi connectivity index (χ4n) is 2.02. The largest absolute Gasteiger partial charge is 0.347 e. The minimum absolute atomic E-state index is 0.0684. The van der Waals surface area contributed by atoms with Crippen LogP contribution in [0.5, 0.6) is 0 Å². The van der Waals surface area contributed by atoms with E-state index in [4.69, 9.17) is 0 Å². The molecule has 7 heteroatoms. The van der Waals surface area contributed by atoms with E-state index in [1.807, 2.05) is 25.2 Å². The molecule has 0 spiro atoms. The van der Waals surface area contributed by atoms with Crippen molar-refractivity contribution < 1.29 is 8.42 Å². The SMILES string of the molecule is CNC(C)c1cnc(N(C)C2CCS(=O)(=O)C2)s1. The molecular weight excluding hydrogens is 270 g/mol. The van der Waals surface area contributed by atoms with Gasteiger partial charge in [0.25, 0.3) is 0 Å². The second-order valence-corrected chi connectivity index (χ2v) is 7.99. The Morgan fingerprint density at radius 1 is 1.61 bits per heavy atom. The Morgan fingerprint density at radius 2 is 2.33 bits per heavy atom. The molecule has 5 nitrogen and oxygen atoms in total. The van der Waals surface area contributed by atoms with Crippen molar-refractivity contribution >= 4 is 26.3 Å². The lowest BCUT2D eigenvalue weighted by Crippen LogP contribution is -2.32. The maximum Gasteiger partial charge on any atom is 0.185 e. The van der Waals surface area contributed by atoms with Crippen LogP contribution in [-0.2, 0) is 9.84 Å². The number of rotatable bonds is 4. The third-order valence-corrected chi connectivity index (χ3v) is 6.45. The molecule has 1 aromatic rings. The molecule has 0 radical (unpaired) electrons. The molecule has 1 N–H and O–H groups in total. The van der Waals surface area contributed by atoms with Crippen molar-refractivity contribution in [3.8, 4) is 0 Å². The summed E-state index contributed by atoms with van der Waals surface area (Å²) in [7, 11) is 1.00. The van der Waals surface area contributed by atoms with E-state index in [9.17, 15) is 8.42 Å². The fraction of sp³-hybridized carbons (Fsp3) is 0.727. The zero-order chi connectivity index (χ0) is 13.3. The van der Waals surface area contributed by atoms with Gasteiger partial charge in [-0.25, -0.2) is 13.4 Å². The quantitative estimate of drug-likeness (QED) is 0.897. The topological polar surface area (TPSA) is 62.3 Å². The second kappa shape index (κ2) is 5.14. The van der Waals surface area contributed by atoms with Gasteiger partial charge in [-0.15, -0.1) is 11.3 Å². The summed E-state index contributed by atoms with van der Waals surface area (Å²) in [5, 5.41) is 4.07. The lowest BCUT2D eigenvalue weighted by atomic mass is 10.2. The van der Waals surface area contributed by atoms with Crippen molar-refractivity contribution in [1.29, 1.82) is 0 Å². The average molecular weight is 289 g/mol. The Labute approximate surface area is 112 Å². The molecule has 2 heterocycles. The summed E-state index contributed by atoms with van der Waals surface area (Å²) in [5.41, 5.74) is 0. The van der Waals surface area contributed by atoms with Gasteiger partial charge < -0.3 is 10.2 Å². The number of sulfone groups is 1. The molecule has 1 saturated heterocycles. The summed E-state index contributed by atoms with van der Waals surface area (Å²) < 4.78 is 23.0. The van der Waals surface area contributed by atoms with Gasteiger partial charge in [-0.3, -0.25) is 0 Å². The highest BCUT2D eigenvalue weighted by molar-refractivity contribution is 7.91. The Kier molecular flexibility index (Phi) is 3.93. The summed E-state index contributed by atoms with van der Waals surface area (Å²) in [6.45, 7) is 2.08. The lowest BCUT2D eigenvalue weighted by Gasteiger charge is -2.22. The zero-order valence-corrected chi connectivity index (χ0v) is 12.5. The van der Waals surface area contributed by atoms with Crippen molar-refractivity contribution in [3.63, 3.8) is 0 Å². The summed E-state index contributed by atoms with van der Waals surface area (Å²) >= 11 is 1.62. The Morgan fingerprint density at radius 3 is 2.89 bits per heavy atom. The van der Waals surface area contributed by atoms with Crippen molar-refractivity contribution in [2.75, 3.05) is 30.5 Å². The number of aromatic nitrogens is 1. The smallest absolute Gasteiger partial charge is 0.185 e. The van der Waals surface area contributed by atoms with E-state index in [0.29, 0.717) is 12.2 Å². The first-order valence-corrected chi connectivity index (χ1v) is 8.63. The number of hydrogen-bond acceptors (Lipinski definition) is 6. The van der Waals surface area contributed by atoms with Crippen LogP contribution in [0.4, 0.5) is 5.13 Å². The molecule has 0 amide bonds. The first-order chi connectivity index (χ1) is 8.43. The van der Waals surface area contributed by atoms with Gasteiger partial charge in [0, 0.05) is 30.2 Å². The maximum absolute atomic E-state index is 11.5. The van der Waals surface area contributed by atoms with Crippen LogP contribution in [0.1, 0.15) is 24.3 Å². The third-order valence-electron chi connectivity index (χ3n) is 3.43. The van der Waals surface area contributed by atoms with Crippen LogP contribution < -0.4 is 10.2 Å². The van der Waals surface area contributed by atoms with Gasteiger partial charge in [0.15, 0.2) is 15.0 Å². The van der Waals surface area contributed by atoms with Crippen molar-refractivity contribution in [2.24, 2.45) is 0 Å². The normalized spacial score (nSPS) is 24.1. The van der Waals surface area contributed by atoms with Crippen LogP contribution in [-0.4, -0.2) is 45.0 Å². The molecule has 1 aromatic heterocycles. The molecular formula is C11H19N3O2S2. The zero-order valence-electron chi connectivity index (χ0n) is 10.9. The molecule has 0 aromatic carbocycles. The molecule has 1 aliphatic rings. The molecule has 2 atom stereocenters. The van der Waals surface area contributed by atoms with Crippen LogP contribution >= 0.6 is 11.3 Å².